The van der Waals surface area contributed by atoms with E-state index in [0.29, 0.717) is 24.2 Å². The molecule has 0 aromatic heterocycles. The standard InChI is InChI=1S/C47H73N13O13S2/c1-7-25(4)39-46(71)54-28(14-15-35(48)61)41(66)56-31(19-36(49)62)42(67)58-33(47(72)60-16-8-9-34(60)45(70)57-29(17-24(2)3)40(65)52-20-37(50)63)23-75-74-22-32(53-38(64)21-51-5)44(69)55-30(43(68)59-39)18-26-10-12-27(73-6)13-11-26/h10-13,24-25,28-34,39,51H,7-9,14-23H2,1-6H3,(H2,48,61)(H2,49,62)(H2,50,63)(H,52,65)(H,53,64)(H,54,71)(H,55,69)(H,56,66)(H,57,70)(H,58,67)(H,59,68)/t25-,28+,29-,30+,31-,32+,33-,34+,39-/m0/s1. The Balaban J connectivity index is 2.15. The second kappa shape index (κ2) is 31.3. The number of carbonyl (C=O) groups is 12. The largest absolute Gasteiger partial charge is 0.497 e. The van der Waals surface area contributed by atoms with E-state index in [1.807, 2.05) is 13.8 Å². The van der Waals surface area contributed by atoms with Gasteiger partial charge in [0.1, 0.15) is 54.1 Å². The number of likely N-dealkylation sites (N-methyl/N-ethyl adjacent to an activating group) is 1. The average molecular weight is 1090 g/mol. The first-order valence-corrected chi connectivity index (χ1v) is 27.0. The Morgan fingerprint density at radius 2 is 1.40 bits per heavy atom. The first kappa shape index (κ1) is 62.6. The molecule has 9 atom stereocenters. The minimum absolute atomic E-state index is 0.0230. The Hall–Kier alpha value is -6.68. The van der Waals surface area contributed by atoms with Crippen LogP contribution in [-0.2, 0) is 64.0 Å². The number of likely N-dealkylation sites (tertiary alicyclic amines) is 1. The Labute approximate surface area is 443 Å². The van der Waals surface area contributed by atoms with Crippen LogP contribution in [0.1, 0.15) is 78.2 Å². The molecule has 416 valence electrons. The number of nitrogens with two attached hydrogens (primary N) is 3. The first-order chi connectivity index (χ1) is 35.5. The van der Waals surface area contributed by atoms with Crippen LogP contribution in [0.4, 0.5) is 0 Å². The molecular weight excluding hydrogens is 1020 g/mol. The molecule has 28 heteroatoms. The first-order valence-electron chi connectivity index (χ1n) is 24.5. The van der Waals surface area contributed by atoms with Crippen LogP contribution in [0.5, 0.6) is 5.75 Å². The number of hydrogen-bond donors (Lipinski definition) is 12. The van der Waals surface area contributed by atoms with E-state index < -0.39 is 151 Å². The molecule has 2 heterocycles. The van der Waals surface area contributed by atoms with Gasteiger partial charge < -0.3 is 74.7 Å². The monoisotopic (exact) mass is 1090 g/mol. The van der Waals surface area contributed by atoms with Crippen LogP contribution in [0.2, 0.25) is 0 Å². The number of methoxy groups -OCH3 is 1. The average Bonchev–Trinajstić information content (AvgIpc) is 3.85. The number of nitrogens with zero attached hydrogens (tertiary/aromatic N) is 1. The lowest BCUT2D eigenvalue weighted by Crippen LogP contribution is -2.62. The highest BCUT2D eigenvalue weighted by molar-refractivity contribution is 8.76. The van der Waals surface area contributed by atoms with Crippen LogP contribution in [0, 0.1) is 11.8 Å². The molecule has 2 aliphatic heterocycles. The zero-order valence-electron chi connectivity index (χ0n) is 43.1. The molecule has 0 unspecified atom stereocenters. The molecule has 75 heavy (non-hydrogen) atoms. The van der Waals surface area contributed by atoms with E-state index in [2.05, 4.69) is 47.9 Å². The number of amides is 12. The van der Waals surface area contributed by atoms with E-state index in [1.54, 1.807) is 38.1 Å². The van der Waals surface area contributed by atoms with Gasteiger partial charge in [-0.3, -0.25) is 57.5 Å². The molecule has 1 aromatic carbocycles. The smallest absolute Gasteiger partial charge is 0.246 e. The second-order valence-corrected chi connectivity index (χ2v) is 21.2. The van der Waals surface area contributed by atoms with Crippen molar-refractivity contribution in [3.05, 3.63) is 29.8 Å². The predicted octanol–water partition coefficient (Wildman–Crippen LogP) is -3.93. The molecule has 2 fully saturated rings. The van der Waals surface area contributed by atoms with Crippen molar-refractivity contribution >= 4 is 92.5 Å². The summed E-state index contributed by atoms with van der Waals surface area (Å²) in [6, 6.07) is -4.58. The maximum absolute atomic E-state index is 14.7. The van der Waals surface area contributed by atoms with Gasteiger partial charge in [-0.25, -0.2) is 0 Å². The molecule has 0 saturated carbocycles. The molecule has 12 amide bonds. The summed E-state index contributed by atoms with van der Waals surface area (Å²) in [6.45, 7) is 6.36. The third kappa shape index (κ3) is 20.9. The van der Waals surface area contributed by atoms with E-state index in [4.69, 9.17) is 21.9 Å². The molecular formula is C47H73N13O13S2. The fraction of sp³-hybridized carbons (Fsp3) is 0.617. The SMILES string of the molecule is CC[C@H](C)[C@@H]1NC(=O)[C@@H](Cc2ccc(OC)cc2)NC(=O)[C@H](NC(=O)CNC)CSSC[C@@H](C(=O)N2CCC[C@@H]2C(=O)N[C@@H](CC(C)C)C(=O)NCC(N)=O)NC(=O)[C@H](CC(N)=O)NC(=O)[C@@H](CCC(N)=O)NC1=O. The Morgan fingerprint density at radius 3 is 2.00 bits per heavy atom. The van der Waals surface area contributed by atoms with E-state index in [0.717, 1.165) is 21.6 Å². The highest BCUT2D eigenvalue weighted by atomic mass is 33.1. The van der Waals surface area contributed by atoms with Crippen molar-refractivity contribution < 1.29 is 62.3 Å². The molecule has 15 N–H and O–H groups in total. The highest BCUT2D eigenvalue weighted by Gasteiger charge is 2.41. The number of benzene rings is 1. The third-order valence-electron chi connectivity index (χ3n) is 12.1. The summed E-state index contributed by atoms with van der Waals surface area (Å²) in [5.41, 5.74) is 16.8. The van der Waals surface area contributed by atoms with Crippen molar-refractivity contribution in [1.82, 2.24) is 52.8 Å². The van der Waals surface area contributed by atoms with Crippen LogP contribution in [-0.4, -0.2) is 169 Å². The van der Waals surface area contributed by atoms with Crippen molar-refractivity contribution in [1.29, 1.82) is 0 Å². The zero-order valence-corrected chi connectivity index (χ0v) is 44.7. The van der Waals surface area contributed by atoms with Gasteiger partial charge in [-0.2, -0.15) is 0 Å². The molecule has 26 nitrogen and oxygen atoms in total. The van der Waals surface area contributed by atoms with Gasteiger partial charge in [-0.05, 0) is 62.3 Å². The summed E-state index contributed by atoms with van der Waals surface area (Å²) < 4.78 is 5.28. The molecule has 0 bridgehead atoms. The second-order valence-electron chi connectivity index (χ2n) is 18.6. The number of hydrogen-bond acceptors (Lipinski definition) is 16. The minimum atomic E-state index is -1.78. The molecule has 0 radical (unpaired) electrons. The van der Waals surface area contributed by atoms with Crippen LogP contribution in [0.25, 0.3) is 0 Å². The summed E-state index contributed by atoms with van der Waals surface area (Å²) in [4.78, 5) is 163. The number of rotatable bonds is 21. The maximum Gasteiger partial charge on any atom is 0.246 e. The van der Waals surface area contributed by atoms with Crippen molar-refractivity contribution in [2.75, 3.05) is 45.3 Å². The van der Waals surface area contributed by atoms with Crippen LogP contribution in [0.3, 0.4) is 0 Å². The Morgan fingerprint density at radius 1 is 0.773 bits per heavy atom. The Bertz CT molecular complexity index is 2220. The summed E-state index contributed by atoms with van der Waals surface area (Å²) in [5, 5.41) is 23.4. The molecule has 0 spiro atoms. The van der Waals surface area contributed by atoms with Gasteiger partial charge in [0, 0.05) is 30.9 Å². The zero-order chi connectivity index (χ0) is 55.9. The van der Waals surface area contributed by atoms with E-state index in [1.165, 1.54) is 19.1 Å². The fourth-order valence-corrected chi connectivity index (χ4v) is 10.3. The number of nitrogens with one attached hydrogen (secondary N) is 9. The van der Waals surface area contributed by atoms with Gasteiger partial charge in [0.15, 0.2) is 0 Å². The Kier molecular flexibility index (Phi) is 26.1. The van der Waals surface area contributed by atoms with Crippen molar-refractivity contribution in [3.8, 4) is 5.75 Å². The fourth-order valence-electron chi connectivity index (χ4n) is 7.97. The van der Waals surface area contributed by atoms with Gasteiger partial charge in [0.25, 0.3) is 0 Å². The van der Waals surface area contributed by atoms with Gasteiger partial charge >= 0.3 is 0 Å². The molecule has 2 saturated heterocycles. The molecule has 1 aromatic rings. The summed E-state index contributed by atoms with van der Waals surface area (Å²) in [5.74, 6) is -10.8. The number of ether oxygens (including phenoxy) is 1. The van der Waals surface area contributed by atoms with Crippen LogP contribution >= 0.6 is 21.6 Å². The van der Waals surface area contributed by atoms with Gasteiger partial charge in [0.2, 0.25) is 70.9 Å². The lowest BCUT2D eigenvalue weighted by atomic mass is 9.96. The minimum Gasteiger partial charge on any atom is -0.497 e. The van der Waals surface area contributed by atoms with Crippen LogP contribution in [0.15, 0.2) is 24.3 Å². The molecule has 0 aliphatic carbocycles. The molecule has 2 aliphatic rings. The van der Waals surface area contributed by atoms with Crippen molar-refractivity contribution in [2.24, 2.45) is 29.0 Å². The molecule has 3 rings (SSSR count). The normalized spacial score (nSPS) is 23.2. The highest BCUT2D eigenvalue weighted by Crippen LogP contribution is 2.26. The van der Waals surface area contributed by atoms with Gasteiger partial charge in [0.05, 0.1) is 26.6 Å². The topological polar surface area (TPSA) is 404 Å². The van der Waals surface area contributed by atoms with Gasteiger partial charge in [-0.1, -0.05) is 67.8 Å². The van der Waals surface area contributed by atoms with Gasteiger partial charge in [-0.15, -0.1) is 0 Å². The summed E-state index contributed by atoms with van der Waals surface area (Å²) >= 11 is 0. The third-order valence-corrected chi connectivity index (χ3v) is 14.6. The lowest BCUT2D eigenvalue weighted by molar-refractivity contribution is -0.142. The lowest BCUT2D eigenvalue weighted by Gasteiger charge is -2.31. The van der Waals surface area contributed by atoms with Crippen molar-refractivity contribution in [2.45, 2.75) is 127 Å². The maximum atomic E-state index is 14.7. The summed E-state index contributed by atoms with van der Waals surface area (Å²) in [7, 11) is 4.97. The van der Waals surface area contributed by atoms with Crippen LogP contribution < -0.4 is 69.8 Å². The quantitative estimate of drug-likeness (QED) is 0.0523. The summed E-state index contributed by atoms with van der Waals surface area (Å²) in [6.07, 6.45) is -0.828. The van der Waals surface area contributed by atoms with E-state index in [-0.39, 0.29) is 49.8 Å². The van der Waals surface area contributed by atoms with E-state index in [9.17, 15) is 57.5 Å². The van der Waals surface area contributed by atoms with Crippen molar-refractivity contribution in [3.63, 3.8) is 0 Å². The predicted molar refractivity (Wildman–Crippen MR) is 277 cm³/mol. The number of carbonyl (C=O) groups excluding carboxylic acids is 12. The van der Waals surface area contributed by atoms with E-state index >= 15 is 0 Å². The number of primary amides is 3.